The van der Waals surface area contributed by atoms with E-state index in [9.17, 15) is 9.18 Å². The molecule has 1 saturated heterocycles. The van der Waals surface area contributed by atoms with Crippen molar-refractivity contribution in [2.75, 3.05) is 31.5 Å². The van der Waals surface area contributed by atoms with E-state index < -0.39 is 0 Å². The maximum atomic E-state index is 13.5. The molecule has 4 aromatic rings. The van der Waals surface area contributed by atoms with E-state index >= 15 is 0 Å². The Morgan fingerprint density at radius 3 is 2.83 bits per heavy atom. The van der Waals surface area contributed by atoms with Crippen molar-refractivity contribution in [1.82, 2.24) is 19.8 Å². The monoisotopic (exact) mass is 591 g/mol. The molecule has 2 aliphatic rings. The fourth-order valence-corrected chi connectivity index (χ4v) is 6.82. The number of hydrogen-bond donors (Lipinski definition) is 1. The van der Waals surface area contributed by atoms with Crippen molar-refractivity contribution in [2.24, 2.45) is 0 Å². The van der Waals surface area contributed by atoms with Gasteiger partial charge in [-0.1, -0.05) is 36.2 Å². The van der Waals surface area contributed by atoms with E-state index in [1.807, 2.05) is 17.0 Å². The van der Waals surface area contributed by atoms with Gasteiger partial charge in [-0.05, 0) is 73.8 Å². The summed E-state index contributed by atoms with van der Waals surface area (Å²) in [4.78, 5) is 28.3. The summed E-state index contributed by atoms with van der Waals surface area (Å²) in [6.07, 6.45) is 9.83. The fourth-order valence-electron chi connectivity index (χ4n) is 5.38. The molecule has 0 spiro atoms. The summed E-state index contributed by atoms with van der Waals surface area (Å²) >= 11 is 8.13. The van der Waals surface area contributed by atoms with Crippen molar-refractivity contribution in [3.8, 4) is 5.75 Å². The number of nitrogens with zero attached hydrogens (tertiary/aromatic N) is 4. The molecule has 1 fully saturated rings. The molecular weight excluding hydrogens is 561 g/mol. The summed E-state index contributed by atoms with van der Waals surface area (Å²) in [5, 5.41) is 4.82. The van der Waals surface area contributed by atoms with Crippen LogP contribution in [0.2, 0.25) is 5.02 Å². The van der Waals surface area contributed by atoms with Gasteiger partial charge in [-0.3, -0.25) is 9.69 Å². The molecular formula is C31H31ClFN5O2S. The summed E-state index contributed by atoms with van der Waals surface area (Å²) in [5.74, 6) is 0.974. The number of hydrogen-bond acceptors (Lipinski definition) is 7. The molecule has 1 amide bonds. The highest BCUT2D eigenvalue weighted by atomic mass is 35.5. The third-order valence-electron chi connectivity index (χ3n) is 7.50. The van der Waals surface area contributed by atoms with Crippen LogP contribution in [0.3, 0.4) is 0 Å². The Morgan fingerprint density at radius 2 is 2.00 bits per heavy atom. The van der Waals surface area contributed by atoms with Gasteiger partial charge in [-0.2, -0.15) is 0 Å². The van der Waals surface area contributed by atoms with Gasteiger partial charge in [0.25, 0.3) is 0 Å². The lowest BCUT2D eigenvalue weighted by Gasteiger charge is -2.27. The fraction of sp³-hybridized carbons (Fsp3) is 0.323. The van der Waals surface area contributed by atoms with Crippen LogP contribution >= 0.6 is 22.9 Å². The first-order valence-electron chi connectivity index (χ1n) is 13.9. The number of amides is 1. The van der Waals surface area contributed by atoms with Gasteiger partial charge >= 0.3 is 0 Å². The molecule has 10 heteroatoms. The average molecular weight is 592 g/mol. The summed E-state index contributed by atoms with van der Waals surface area (Å²) in [7, 11) is 0. The molecule has 7 nitrogen and oxygen atoms in total. The number of likely N-dealkylation sites (tertiary alicyclic amines) is 1. The van der Waals surface area contributed by atoms with Crippen LogP contribution in [0.1, 0.15) is 35.3 Å². The minimum Gasteiger partial charge on any atom is -0.487 e. The van der Waals surface area contributed by atoms with Crippen LogP contribution in [-0.2, 0) is 24.4 Å². The van der Waals surface area contributed by atoms with Crippen LogP contribution in [-0.4, -0.2) is 51.9 Å². The molecule has 4 heterocycles. The van der Waals surface area contributed by atoms with Gasteiger partial charge in [0.15, 0.2) is 0 Å². The van der Waals surface area contributed by atoms with E-state index in [0.717, 1.165) is 52.4 Å². The van der Waals surface area contributed by atoms with E-state index in [0.29, 0.717) is 29.7 Å². The molecule has 0 aliphatic carbocycles. The molecule has 212 valence electrons. The van der Waals surface area contributed by atoms with Gasteiger partial charge in [0.2, 0.25) is 5.91 Å². The molecule has 1 N–H and O–H groups in total. The minimum absolute atomic E-state index is 0.0592. The highest BCUT2D eigenvalue weighted by Crippen LogP contribution is 2.39. The number of rotatable bonds is 8. The number of piperidine rings is 1. The lowest BCUT2D eigenvalue weighted by atomic mass is 10.0. The maximum absolute atomic E-state index is 13.5. The molecule has 6 rings (SSSR count). The Labute approximate surface area is 247 Å². The molecule has 2 aromatic heterocycles. The van der Waals surface area contributed by atoms with Crippen molar-refractivity contribution < 1.29 is 13.9 Å². The second-order valence-electron chi connectivity index (χ2n) is 10.4. The van der Waals surface area contributed by atoms with Crippen molar-refractivity contribution in [1.29, 1.82) is 0 Å². The first kappa shape index (κ1) is 27.6. The van der Waals surface area contributed by atoms with Crippen LogP contribution in [0.25, 0.3) is 10.2 Å². The molecule has 41 heavy (non-hydrogen) atoms. The van der Waals surface area contributed by atoms with Crippen molar-refractivity contribution >= 4 is 50.6 Å². The lowest BCUT2D eigenvalue weighted by molar-refractivity contribution is -0.126. The van der Waals surface area contributed by atoms with E-state index in [2.05, 4.69) is 20.2 Å². The van der Waals surface area contributed by atoms with Gasteiger partial charge in [0, 0.05) is 29.7 Å². The molecule has 0 radical (unpaired) electrons. The Kier molecular flexibility index (Phi) is 8.46. The van der Waals surface area contributed by atoms with Gasteiger partial charge in [0.05, 0.1) is 17.0 Å². The van der Waals surface area contributed by atoms with E-state index in [1.54, 1.807) is 48.0 Å². The first-order valence-corrected chi connectivity index (χ1v) is 15.1. The van der Waals surface area contributed by atoms with Crippen LogP contribution in [0.4, 0.5) is 15.9 Å². The van der Waals surface area contributed by atoms with Gasteiger partial charge < -0.3 is 15.0 Å². The van der Waals surface area contributed by atoms with Gasteiger partial charge in [-0.15, -0.1) is 11.3 Å². The van der Waals surface area contributed by atoms with Crippen LogP contribution < -0.4 is 10.1 Å². The quantitative estimate of drug-likeness (QED) is 0.229. The zero-order chi connectivity index (χ0) is 28.2. The third kappa shape index (κ3) is 6.53. The topological polar surface area (TPSA) is 70.6 Å². The van der Waals surface area contributed by atoms with E-state index in [1.165, 1.54) is 37.0 Å². The van der Waals surface area contributed by atoms with E-state index in [4.69, 9.17) is 16.3 Å². The number of carbonyl (C=O) groups is 1. The maximum Gasteiger partial charge on any atom is 0.246 e. The summed E-state index contributed by atoms with van der Waals surface area (Å²) in [6.45, 7) is 4.51. The number of benzene rings is 2. The van der Waals surface area contributed by atoms with Gasteiger partial charge in [0.1, 0.15) is 35.1 Å². The number of aromatic nitrogens is 2. The third-order valence-corrected chi connectivity index (χ3v) is 8.92. The Balaban J connectivity index is 1.13. The second-order valence-corrected chi connectivity index (χ2v) is 11.9. The number of ether oxygens (including phenoxy) is 1. The summed E-state index contributed by atoms with van der Waals surface area (Å²) in [5.41, 5.74) is 2.68. The van der Waals surface area contributed by atoms with Crippen LogP contribution in [0.15, 0.2) is 60.9 Å². The first-order chi connectivity index (χ1) is 20.0. The average Bonchev–Trinajstić information content (AvgIpc) is 3.36. The van der Waals surface area contributed by atoms with Crippen molar-refractivity contribution in [2.45, 2.75) is 38.8 Å². The number of nitrogens with one attached hydrogen (secondary N) is 1. The number of thiophene rings is 1. The summed E-state index contributed by atoms with van der Waals surface area (Å²) in [6, 6.07) is 11.7. The number of fused-ring (bicyclic) bond motifs is 3. The largest absolute Gasteiger partial charge is 0.487 e. The van der Waals surface area contributed by atoms with Gasteiger partial charge in [-0.25, -0.2) is 14.4 Å². The minimum atomic E-state index is -0.303. The molecule has 0 bridgehead atoms. The molecule has 0 unspecified atom stereocenters. The predicted molar refractivity (Wildman–Crippen MR) is 161 cm³/mol. The Morgan fingerprint density at radius 1 is 1.12 bits per heavy atom. The normalized spacial score (nSPS) is 15.8. The summed E-state index contributed by atoms with van der Waals surface area (Å²) < 4.78 is 19.3. The zero-order valence-electron chi connectivity index (χ0n) is 22.6. The molecule has 2 aliphatic heterocycles. The highest BCUT2D eigenvalue weighted by molar-refractivity contribution is 7.19. The number of halogens is 2. The van der Waals surface area contributed by atoms with E-state index in [-0.39, 0.29) is 18.3 Å². The zero-order valence-corrected chi connectivity index (χ0v) is 24.2. The van der Waals surface area contributed by atoms with Crippen molar-refractivity contribution in [3.63, 3.8) is 0 Å². The molecule has 2 aromatic carbocycles. The molecule has 0 atom stereocenters. The number of anilines is 2. The second kappa shape index (κ2) is 12.5. The Bertz CT molecular complexity index is 1590. The SMILES string of the molecule is O=C(C=CCN1CCCCC1)N1CCc2c(sc3ncnc(Nc4ccc(OCc5cccc(F)c5)c(Cl)c4)c23)C1. The standard InChI is InChI=1S/C31H31ClFN5O2S/c32-25-17-23(9-10-26(25)40-19-21-6-4-7-22(33)16-21)36-30-29-24-11-15-38(18-27(24)41-31(29)35-20-34-30)28(39)8-5-14-37-12-2-1-3-13-37/h4-10,16-17,20H,1-3,11-15,18-19H2,(H,34,35,36). The predicted octanol–water partition coefficient (Wildman–Crippen LogP) is 6.73. The number of carbonyl (C=O) groups excluding carboxylic acids is 1. The van der Waals surface area contributed by atoms with Crippen LogP contribution in [0, 0.1) is 5.82 Å². The smallest absolute Gasteiger partial charge is 0.246 e. The molecule has 0 saturated carbocycles. The Hall–Kier alpha value is -3.53. The lowest BCUT2D eigenvalue weighted by Crippen LogP contribution is -2.34. The highest BCUT2D eigenvalue weighted by Gasteiger charge is 2.25. The van der Waals surface area contributed by atoms with Crippen LogP contribution in [0.5, 0.6) is 5.75 Å². The van der Waals surface area contributed by atoms with Crippen molar-refractivity contribution in [3.05, 3.63) is 87.8 Å².